The molecule has 0 unspecified atom stereocenters. The Labute approximate surface area is 156 Å². The molecule has 0 radical (unpaired) electrons. The minimum absolute atomic E-state index is 0.159. The topological polar surface area (TPSA) is 58.0 Å². The van der Waals surface area contributed by atoms with Gasteiger partial charge in [-0.3, -0.25) is 4.98 Å². The second kappa shape index (κ2) is 7.02. The Kier molecular flexibility index (Phi) is 4.42. The molecule has 0 fully saturated rings. The zero-order valence-electron chi connectivity index (χ0n) is 13.8. The van der Waals surface area contributed by atoms with Crippen LogP contribution < -0.4 is 5.32 Å². The van der Waals surface area contributed by atoms with Crippen LogP contribution in [0.25, 0.3) is 10.9 Å². The highest BCUT2D eigenvalue weighted by Gasteiger charge is 2.20. The molecule has 2 aromatic heterocycles. The van der Waals surface area contributed by atoms with Crippen LogP contribution in [0.4, 0.5) is 5.82 Å². The molecule has 0 spiro atoms. The molecule has 2 N–H and O–H groups in total. The molecule has 4 aromatic rings. The minimum Gasteiger partial charge on any atom is -0.505 e. The third kappa shape index (κ3) is 3.19. The number of pyridine rings is 2. The number of nitrogens with one attached hydrogen (secondary N) is 1. The van der Waals surface area contributed by atoms with Gasteiger partial charge in [0.2, 0.25) is 0 Å². The van der Waals surface area contributed by atoms with Crippen LogP contribution in [0.15, 0.2) is 79.1 Å². The maximum absolute atomic E-state index is 10.9. The number of rotatable bonds is 4. The van der Waals surface area contributed by atoms with Crippen molar-refractivity contribution in [3.63, 3.8) is 0 Å². The number of phenolic OH excluding ortho intramolecular Hbond substituents is 1. The van der Waals surface area contributed by atoms with Crippen molar-refractivity contribution in [2.75, 3.05) is 5.32 Å². The van der Waals surface area contributed by atoms with Crippen molar-refractivity contribution in [3.05, 3.63) is 95.3 Å². The number of hydrogen-bond acceptors (Lipinski definition) is 4. The summed E-state index contributed by atoms with van der Waals surface area (Å²) in [5.41, 5.74) is 2.27. The molecule has 128 valence electrons. The van der Waals surface area contributed by atoms with E-state index in [0.717, 1.165) is 16.5 Å². The number of anilines is 1. The lowest BCUT2D eigenvalue weighted by Gasteiger charge is -2.22. The predicted molar refractivity (Wildman–Crippen MR) is 105 cm³/mol. The highest BCUT2D eigenvalue weighted by Crippen LogP contribution is 2.36. The number of benzene rings is 2. The number of nitrogens with zero attached hydrogens (tertiary/aromatic N) is 2. The first-order valence-electron chi connectivity index (χ1n) is 8.22. The smallest absolute Gasteiger partial charge is 0.147 e. The summed E-state index contributed by atoms with van der Waals surface area (Å²) in [4.78, 5) is 8.67. The molecule has 26 heavy (non-hydrogen) atoms. The first kappa shape index (κ1) is 16.4. The predicted octanol–water partition coefficient (Wildman–Crippen LogP) is 5.19. The highest BCUT2D eigenvalue weighted by molar-refractivity contribution is 6.30. The number of aromatic nitrogens is 2. The standard InChI is InChI=1S/C21H16ClN3O/c22-16-9-6-15(7-10-16)19(25-18-5-1-2-12-23-18)17-11-8-14-4-3-13-24-20(14)21(17)26/h1-13,19,26H,(H,23,25)/t19-/m1/s1. The first-order chi connectivity index (χ1) is 12.7. The van der Waals surface area contributed by atoms with Gasteiger partial charge in [-0.05, 0) is 35.9 Å². The van der Waals surface area contributed by atoms with Gasteiger partial charge in [0.05, 0.1) is 6.04 Å². The average Bonchev–Trinajstić information content (AvgIpc) is 2.69. The van der Waals surface area contributed by atoms with Crippen molar-refractivity contribution in [2.45, 2.75) is 6.04 Å². The molecule has 0 amide bonds. The molecular weight excluding hydrogens is 346 g/mol. The highest BCUT2D eigenvalue weighted by atomic mass is 35.5. The van der Waals surface area contributed by atoms with Crippen molar-refractivity contribution in [1.29, 1.82) is 0 Å². The third-order valence-corrected chi connectivity index (χ3v) is 4.50. The number of aromatic hydroxyl groups is 1. The monoisotopic (exact) mass is 361 g/mol. The molecule has 0 bridgehead atoms. The lowest BCUT2D eigenvalue weighted by Crippen LogP contribution is -2.13. The number of halogens is 1. The summed E-state index contributed by atoms with van der Waals surface area (Å²) in [5, 5.41) is 15.8. The fraction of sp³-hybridized carbons (Fsp3) is 0.0476. The summed E-state index contributed by atoms with van der Waals surface area (Å²) in [7, 11) is 0. The lowest BCUT2D eigenvalue weighted by molar-refractivity contribution is 0.471. The van der Waals surface area contributed by atoms with Gasteiger partial charge in [0, 0.05) is 28.4 Å². The molecule has 4 nitrogen and oxygen atoms in total. The summed E-state index contributed by atoms with van der Waals surface area (Å²) < 4.78 is 0. The zero-order chi connectivity index (χ0) is 17.9. The van der Waals surface area contributed by atoms with Crippen LogP contribution in [-0.2, 0) is 0 Å². The first-order valence-corrected chi connectivity index (χ1v) is 8.60. The summed E-state index contributed by atoms with van der Waals surface area (Å²) in [6, 6.07) is 20.6. The molecule has 2 aromatic carbocycles. The van der Waals surface area contributed by atoms with Gasteiger partial charge in [-0.25, -0.2) is 4.98 Å². The van der Waals surface area contributed by atoms with Gasteiger partial charge in [-0.1, -0.05) is 48.0 Å². The third-order valence-electron chi connectivity index (χ3n) is 4.25. The summed E-state index contributed by atoms with van der Waals surface area (Å²) in [6.45, 7) is 0. The molecule has 0 saturated carbocycles. The fourth-order valence-corrected chi connectivity index (χ4v) is 3.10. The molecule has 0 aliphatic heterocycles. The molecule has 5 heteroatoms. The maximum atomic E-state index is 10.9. The fourth-order valence-electron chi connectivity index (χ4n) is 2.97. The number of hydrogen-bond donors (Lipinski definition) is 2. The summed E-state index contributed by atoms with van der Waals surface area (Å²) in [6.07, 6.45) is 3.40. The van der Waals surface area contributed by atoms with Crippen LogP contribution in [0.1, 0.15) is 17.2 Å². The Balaban J connectivity index is 1.84. The van der Waals surface area contributed by atoms with Crippen LogP contribution in [0.3, 0.4) is 0 Å². The van der Waals surface area contributed by atoms with Crippen molar-refractivity contribution >= 4 is 28.3 Å². The Morgan fingerprint density at radius 3 is 2.42 bits per heavy atom. The minimum atomic E-state index is -0.298. The molecule has 1 atom stereocenters. The van der Waals surface area contributed by atoms with Crippen LogP contribution >= 0.6 is 11.6 Å². The largest absolute Gasteiger partial charge is 0.505 e. The van der Waals surface area contributed by atoms with Gasteiger partial charge >= 0.3 is 0 Å². The Hall–Kier alpha value is -3.11. The van der Waals surface area contributed by atoms with Gasteiger partial charge in [0.15, 0.2) is 0 Å². The van der Waals surface area contributed by atoms with Crippen molar-refractivity contribution < 1.29 is 5.11 Å². The van der Waals surface area contributed by atoms with E-state index in [-0.39, 0.29) is 11.8 Å². The van der Waals surface area contributed by atoms with Gasteiger partial charge in [-0.15, -0.1) is 0 Å². The molecule has 0 aliphatic carbocycles. The molecular formula is C21H16ClN3O. The molecule has 0 saturated heterocycles. The second-order valence-corrected chi connectivity index (χ2v) is 6.36. The normalized spacial score (nSPS) is 12.0. The Bertz CT molecular complexity index is 1040. The summed E-state index contributed by atoms with van der Waals surface area (Å²) in [5.74, 6) is 0.874. The molecule has 0 aliphatic rings. The number of phenols is 1. The van der Waals surface area contributed by atoms with Crippen LogP contribution in [0.2, 0.25) is 5.02 Å². The van der Waals surface area contributed by atoms with E-state index in [1.54, 1.807) is 12.4 Å². The quantitative estimate of drug-likeness (QED) is 0.525. The van der Waals surface area contributed by atoms with Crippen LogP contribution in [0, 0.1) is 0 Å². The SMILES string of the molecule is Oc1c([C@H](Nc2ccccn2)c2ccc(Cl)cc2)ccc2cccnc12. The average molecular weight is 362 g/mol. The van der Waals surface area contributed by atoms with Gasteiger partial charge < -0.3 is 10.4 Å². The molecule has 4 rings (SSSR count). The zero-order valence-corrected chi connectivity index (χ0v) is 14.6. The summed E-state index contributed by atoms with van der Waals surface area (Å²) >= 11 is 6.04. The maximum Gasteiger partial charge on any atom is 0.147 e. The van der Waals surface area contributed by atoms with Gasteiger partial charge in [0.1, 0.15) is 17.1 Å². The lowest BCUT2D eigenvalue weighted by atomic mass is 9.96. The van der Waals surface area contributed by atoms with E-state index < -0.39 is 0 Å². The second-order valence-electron chi connectivity index (χ2n) is 5.92. The van der Waals surface area contributed by atoms with Crippen molar-refractivity contribution in [2.24, 2.45) is 0 Å². The van der Waals surface area contributed by atoms with Crippen LogP contribution in [0.5, 0.6) is 5.75 Å². The Morgan fingerprint density at radius 1 is 0.846 bits per heavy atom. The van der Waals surface area contributed by atoms with Gasteiger partial charge in [-0.2, -0.15) is 0 Å². The van der Waals surface area contributed by atoms with Crippen LogP contribution in [-0.4, -0.2) is 15.1 Å². The van der Waals surface area contributed by atoms with Crippen molar-refractivity contribution in [3.8, 4) is 5.75 Å². The molecule has 2 heterocycles. The number of fused-ring (bicyclic) bond motifs is 1. The van der Waals surface area contributed by atoms with E-state index in [9.17, 15) is 5.11 Å². The van der Waals surface area contributed by atoms with E-state index >= 15 is 0 Å². The van der Waals surface area contributed by atoms with E-state index in [0.29, 0.717) is 16.4 Å². The van der Waals surface area contributed by atoms with Gasteiger partial charge in [0.25, 0.3) is 0 Å². The van der Waals surface area contributed by atoms with E-state index in [1.165, 1.54) is 0 Å². The Morgan fingerprint density at radius 2 is 1.65 bits per heavy atom. The van der Waals surface area contributed by atoms with E-state index in [2.05, 4.69) is 15.3 Å². The van der Waals surface area contributed by atoms with E-state index in [4.69, 9.17) is 11.6 Å². The van der Waals surface area contributed by atoms with E-state index in [1.807, 2.05) is 66.7 Å². The van der Waals surface area contributed by atoms with Crippen molar-refractivity contribution in [1.82, 2.24) is 9.97 Å².